The second-order valence-corrected chi connectivity index (χ2v) is 9.81. The van der Waals surface area contributed by atoms with E-state index in [-0.39, 0.29) is 18.0 Å². The Hall–Kier alpha value is -4.59. The maximum Gasteiger partial charge on any atom is 0.416 e. The van der Waals surface area contributed by atoms with Crippen molar-refractivity contribution in [2.45, 2.75) is 32.1 Å². The van der Waals surface area contributed by atoms with E-state index in [1.807, 2.05) is 49.4 Å². The summed E-state index contributed by atoms with van der Waals surface area (Å²) in [6.45, 7) is 2.97. The number of fused-ring (bicyclic) bond motifs is 1. The molecule has 1 heterocycles. The Morgan fingerprint density at radius 2 is 1.55 bits per heavy atom. The lowest BCUT2D eigenvalue weighted by atomic mass is 9.97. The van der Waals surface area contributed by atoms with Gasteiger partial charge in [0.05, 0.1) is 11.6 Å². The zero-order chi connectivity index (χ0) is 28.3. The van der Waals surface area contributed by atoms with E-state index in [1.165, 1.54) is 12.1 Å². The number of nitrogens with one attached hydrogen (secondary N) is 2. The number of urea groups is 1. The van der Waals surface area contributed by atoms with Gasteiger partial charge in [-0.25, -0.2) is 4.79 Å². The lowest BCUT2D eigenvalue weighted by Crippen LogP contribution is -2.43. The molecule has 4 aromatic rings. The van der Waals surface area contributed by atoms with E-state index in [0.717, 1.165) is 28.8 Å². The molecule has 5 rings (SSSR count). The molecule has 40 heavy (non-hydrogen) atoms. The number of carbonyl (C=O) groups excluding carboxylic acids is 2. The zero-order valence-corrected chi connectivity index (χ0v) is 21.8. The molecule has 2 N–H and O–H groups in total. The first-order valence-corrected chi connectivity index (χ1v) is 13.0. The number of amides is 3. The maximum absolute atomic E-state index is 13.2. The van der Waals surface area contributed by atoms with Crippen LogP contribution in [-0.4, -0.2) is 23.4 Å². The van der Waals surface area contributed by atoms with Crippen LogP contribution in [-0.2, 0) is 19.1 Å². The Kier molecular flexibility index (Phi) is 7.60. The molecule has 0 bridgehead atoms. The summed E-state index contributed by atoms with van der Waals surface area (Å²) >= 11 is 0. The number of rotatable bonds is 5. The van der Waals surface area contributed by atoms with Crippen LogP contribution in [0.3, 0.4) is 0 Å². The molecule has 3 amide bonds. The van der Waals surface area contributed by atoms with Crippen LogP contribution in [0.2, 0.25) is 0 Å². The number of alkyl halides is 3. The summed E-state index contributed by atoms with van der Waals surface area (Å²) in [5.41, 5.74) is 4.38. The van der Waals surface area contributed by atoms with Crippen molar-refractivity contribution >= 4 is 17.6 Å². The Morgan fingerprint density at radius 3 is 2.27 bits per heavy atom. The fraction of sp³-hybridized carbons (Fsp3) is 0.188. The van der Waals surface area contributed by atoms with Gasteiger partial charge in [0, 0.05) is 24.3 Å². The van der Waals surface area contributed by atoms with Gasteiger partial charge in [-0.15, -0.1) is 0 Å². The number of benzene rings is 4. The highest BCUT2D eigenvalue weighted by atomic mass is 19.4. The third-order valence-electron chi connectivity index (χ3n) is 7.10. The van der Waals surface area contributed by atoms with Crippen LogP contribution in [0, 0.1) is 0 Å². The van der Waals surface area contributed by atoms with E-state index in [0.29, 0.717) is 41.9 Å². The van der Waals surface area contributed by atoms with Crippen molar-refractivity contribution in [3.8, 4) is 11.1 Å². The van der Waals surface area contributed by atoms with E-state index in [2.05, 4.69) is 10.6 Å². The molecule has 0 radical (unpaired) electrons. The highest BCUT2D eigenvalue weighted by Gasteiger charge is 2.30. The van der Waals surface area contributed by atoms with Gasteiger partial charge in [0.2, 0.25) is 0 Å². The van der Waals surface area contributed by atoms with Crippen molar-refractivity contribution in [1.82, 2.24) is 10.2 Å². The summed E-state index contributed by atoms with van der Waals surface area (Å²) in [4.78, 5) is 27.9. The van der Waals surface area contributed by atoms with Crippen molar-refractivity contribution in [2.24, 2.45) is 0 Å². The van der Waals surface area contributed by atoms with Crippen LogP contribution >= 0.6 is 0 Å². The molecule has 1 aliphatic rings. The Labute approximate surface area is 230 Å². The first kappa shape index (κ1) is 27.0. The molecule has 0 aromatic heterocycles. The molecule has 5 nitrogen and oxygen atoms in total. The molecule has 1 atom stereocenters. The van der Waals surface area contributed by atoms with Crippen molar-refractivity contribution < 1.29 is 22.8 Å². The molecule has 204 valence electrons. The van der Waals surface area contributed by atoms with Gasteiger partial charge >= 0.3 is 12.2 Å². The van der Waals surface area contributed by atoms with Crippen LogP contribution < -0.4 is 10.6 Å². The minimum Gasteiger partial charge on any atom is -0.331 e. The fourth-order valence-corrected chi connectivity index (χ4v) is 4.88. The summed E-state index contributed by atoms with van der Waals surface area (Å²) in [5, 5.41) is 5.98. The maximum atomic E-state index is 13.2. The Morgan fingerprint density at radius 1 is 0.850 bits per heavy atom. The SMILES string of the molecule is C[C@@H](NC(=O)N1CCc2cc(NC(=O)c3ccccc3-c3ccc(C(F)(F)F)cc3)ccc2C1)c1ccccc1. The largest absolute Gasteiger partial charge is 0.416 e. The van der Waals surface area contributed by atoms with E-state index in [1.54, 1.807) is 35.2 Å². The first-order chi connectivity index (χ1) is 19.2. The molecule has 0 spiro atoms. The highest BCUT2D eigenvalue weighted by Crippen LogP contribution is 2.32. The molecule has 1 aliphatic heterocycles. The van der Waals surface area contributed by atoms with Gasteiger partial charge in [-0.1, -0.05) is 66.7 Å². The number of hydrogen-bond acceptors (Lipinski definition) is 2. The molecule has 0 aliphatic carbocycles. The summed E-state index contributed by atoms with van der Waals surface area (Å²) in [7, 11) is 0. The predicted molar refractivity (Wildman–Crippen MR) is 149 cm³/mol. The van der Waals surface area contributed by atoms with Gasteiger partial charge in [0.1, 0.15) is 0 Å². The third kappa shape index (κ3) is 6.01. The fourth-order valence-electron chi connectivity index (χ4n) is 4.88. The van der Waals surface area contributed by atoms with E-state index < -0.39 is 11.7 Å². The Bertz CT molecular complexity index is 1520. The van der Waals surface area contributed by atoms with Crippen molar-refractivity contribution in [1.29, 1.82) is 0 Å². The smallest absolute Gasteiger partial charge is 0.331 e. The van der Waals surface area contributed by atoms with Crippen LogP contribution in [0.15, 0.2) is 97.1 Å². The van der Waals surface area contributed by atoms with Crippen molar-refractivity contribution in [3.63, 3.8) is 0 Å². The Balaban J connectivity index is 1.26. The van der Waals surface area contributed by atoms with Gasteiger partial charge in [0.25, 0.3) is 5.91 Å². The summed E-state index contributed by atoms with van der Waals surface area (Å²) in [6, 6.07) is 26.8. The topological polar surface area (TPSA) is 61.4 Å². The molecular formula is C32H28F3N3O2. The average Bonchev–Trinajstić information content (AvgIpc) is 2.97. The van der Waals surface area contributed by atoms with Crippen molar-refractivity contribution in [3.05, 3.63) is 125 Å². The van der Waals surface area contributed by atoms with Crippen molar-refractivity contribution in [2.75, 3.05) is 11.9 Å². The van der Waals surface area contributed by atoms with Crippen LogP contribution in [0.25, 0.3) is 11.1 Å². The molecule has 0 saturated heterocycles. The molecule has 0 unspecified atom stereocenters. The van der Waals surface area contributed by atoms with Gasteiger partial charge in [0.15, 0.2) is 0 Å². The average molecular weight is 544 g/mol. The van der Waals surface area contributed by atoms with Gasteiger partial charge in [-0.2, -0.15) is 13.2 Å². The first-order valence-electron chi connectivity index (χ1n) is 13.0. The lowest BCUT2D eigenvalue weighted by molar-refractivity contribution is -0.137. The summed E-state index contributed by atoms with van der Waals surface area (Å²) < 4.78 is 38.9. The lowest BCUT2D eigenvalue weighted by Gasteiger charge is -2.30. The summed E-state index contributed by atoms with van der Waals surface area (Å²) in [6.07, 6.45) is -3.78. The highest BCUT2D eigenvalue weighted by molar-refractivity contribution is 6.08. The minimum absolute atomic E-state index is 0.113. The molecule has 0 saturated carbocycles. The number of anilines is 1. The summed E-state index contributed by atoms with van der Waals surface area (Å²) in [5.74, 6) is -0.359. The monoisotopic (exact) mass is 543 g/mol. The number of halogens is 3. The van der Waals surface area contributed by atoms with E-state index >= 15 is 0 Å². The van der Waals surface area contributed by atoms with Gasteiger partial charge < -0.3 is 15.5 Å². The number of carbonyl (C=O) groups is 2. The van der Waals surface area contributed by atoms with Crippen LogP contribution in [0.5, 0.6) is 0 Å². The second-order valence-electron chi connectivity index (χ2n) is 9.81. The zero-order valence-electron chi connectivity index (χ0n) is 21.8. The van der Waals surface area contributed by atoms with E-state index in [4.69, 9.17) is 0 Å². The second kappa shape index (κ2) is 11.3. The van der Waals surface area contributed by atoms with Gasteiger partial charge in [-0.3, -0.25) is 4.79 Å². The van der Waals surface area contributed by atoms with Crippen LogP contribution in [0.4, 0.5) is 23.7 Å². The predicted octanol–water partition coefficient (Wildman–Crippen LogP) is 7.45. The van der Waals surface area contributed by atoms with Gasteiger partial charge in [-0.05, 0) is 71.5 Å². The van der Waals surface area contributed by atoms with Crippen LogP contribution in [0.1, 0.15) is 45.6 Å². The minimum atomic E-state index is -4.43. The quantitative estimate of drug-likeness (QED) is 0.275. The third-order valence-corrected chi connectivity index (χ3v) is 7.10. The van der Waals surface area contributed by atoms with E-state index in [9.17, 15) is 22.8 Å². The molecule has 8 heteroatoms. The number of hydrogen-bond donors (Lipinski definition) is 2. The molecular weight excluding hydrogens is 515 g/mol. The number of nitrogens with zero attached hydrogens (tertiary/aromatic N) is 1. The standard InChI is InChI=1S/C32H28F3N3O2/c1-21(22-7-3-2-4-8-22)36-31(40)38-18-17-24-19-27(16-13-25(24)20-38)37-30(39)29-10-6-5-9-28(29)23-11-14-26(15-12-23)32(33,34)35/h2-16,19,21H,17-18,20H2,1H3,(H,36,40)(H,37,39)/t21-/m1/s1. The molecule has 0 fully saturated rings. The molecule has 4 aromatic carbocycles. The normalized spacial score (nSPS) is 13.8.